The van der Waals surface area contributed by atoms with Gasteiger partial charge in [0.25, 0.3) is 0 Å². The van der Waals surface area contributed by atoms with Crippen molar-refractivity contribution in [2.24, 2.45) is 5.41 Å². The first-order valence-electron chi connectivity index (χ1n) is 9.07. The van der Waals surface area contributed by atoms with E-state index < -0.39 is 0 Å². The Balaban J connectivity index is 1.37. The Morgan fingerprint density at radius 1 is 1.12 bits per heavy atom. The van der Waals surface area contributed by atoms with Crippen LogP contribution in [-0.2, 0) is 11.3 Å². The van der Waals surface area contributed by atoms with Gasteiger partial charge >= 0.3 is 0 Å². The van der Waals surface area contributed by atoms with Crippen molar-refractivity contribution in [1.29, 1.82) is 0 Å². The lowest BCUT2D eigenvalue weighted by molar-refractivity contribution is -0.138. The SMILES string of the molecule is Cc1cc(C)cc(CN2CCC3(CC2)CN(c2cccnc2)C3=O)c1. The summed E-state index contributed by atoms with van der Waals surface area (Å²) >= 11 is 0. The van der Waals surface area contributed by atoms with Crippen LogP contribution in [0.1, 0.15) is 29.5 Å². The highest BCUT2D eigenvalue weighted by Gasteiger charge is 2.53. The summed E-state index contributed by atoms with van der Waals surface area (Å²) < 4.78 is 0. The third-order valence-corrected chi connectivity index (χ3v) is 5.62. The molecular formula is C21H25N3O. The molecule has 0 unspecified atom stereocenters. The molecule has 1 spiro atoms. The van der Waals surface area contributed by atoms with Crippen molar-refractivity contribution in [2.75, 3.05) is 24.5 Å². The number of aromatic nitrogens is 1. The number of carbonyl (C=O) groups excluding carboxylic acids is 1. The molecule has 0 radical (unpaired) electrons. The summed E-state index contributed by atoms with van der Waals surface area (Å²) in [6.07, 6.45) is 5.45. The maximum absolute atomic E-state index is 12.8. The van der Waals surface area contributed by atoms with E-state index >= 15 is 0 Å². The van der Waals surface area contributed by atoms with Gasteiger partial charge in [0.05, 0.1) is 17.3 Å². The van der Waals surface area contributed by atoms with E-state index in [2.05, 4.69) is 41.9 Å². The third-order valence-electron chi connectivity index (χ3n) is 5.62. The molecule has 2 saturated heterocycles. The molecule has 2 fully saturated rings. The van der Waals surface area contributed by atoms with Gasteiger partial charge in [-0.15, -0.1) is 0 Å². The molecule has 1 amide bonds. The van der Waals surface area contributed by atoms with E-state index in [-0.39, 0.29) is 11.3 Å². The maximum atomic E-state index is 12.8. The van der Waals surface area contributed by atoms with Gasteiger partial charge < -0.3 is 4.90 Å². The molecule has 4 nitrogen and oxygen atoms in total. The van der Waals surface area contributed by atoms with E-state index in [9.17, 15) is 4.79 Å². The predicted octanol–water partition coefficient (Wildman–Crippen LogP) is 3.33. The van der Waals surface area contributed by atoms with E-state index in [1.807, 2.05) is 17.0 Å². The summed E-state index contributed by atoms with van der Waals surface area (Å²) in [7, 11) is 0. The summed E-state index contributed by atoms with van der Waals surface area (Å²) in [6.45, 7) is 8.14. The number of likely N-dealkylation sites (tertiary alicyclic amines) is 1. The van der Waals surface area contributed by atoms with Gasteiger partial charge in [0.15, 0.2) is 0 Å². The average molecular weight is 335 g/mol. The molecule has 2 aliphatic rings. The van der Waals surface area contributed by atoms with Crippen LogP contribution in [-0.4, -0.2) is 35.4 Å². The lowest BCUT2D eigenvalue weighted by atomic mass is 9.71. The molecule has 0 aliphatic carbocycles. The molecule has 0 atom stereocenters. The Morgan fingerprint density at radius 2 is 1.84 bits per heavy atom. The van der Waals surface area contributed by atoms with Crippen LogP contribution in [0.5, 0.6) is 0 Å². The Labute approximate surface area is 149 Å². The van der Waals surface area contributed by atoms with Crippen LogP contribution in [0.15, 0.2) is 42.7 Å². The first-order chi connectivity index (χ1) is 12.1. The molecule has 0 N–H and O–H groups in total. The smallest absolute Gasteiger partial charge is 0.235 e. The number of rotatable bonds is 3. The van der Waals surface area contributed by atoms with Gasteiger partial charge in [-0.2, -0.15) is 0 Å². The Kier molecular flexibility index (Phi) is 4.08. The second-order valence-electron chi connectivity index (χ2n) is 7.65. The van der Waals surface area contributed by atoms with Crippen LogP contribution >= 0.6 is 0 Å². The van der Waals surface area contributed by atoms with Gasteiger partial charge in [0.1, 0.15) is 0 Å². The summed E-state index contributed by atoms with van der Waals surface area (Å²) in [4.78, 5) is 21.3. The Bertz CT molecular complexity index is 759. The molecular weight excluding hydrogens is 310 g/mol. The molecule has 4 rings (SSSR count). The van der Waals surface area contributed by atoms with E-state index in [4.69, 9.17) is 0 Å². The summed E-state index contributed by atoms with van der Waals surface area (Å²) in [5, 5.41) is 0. The number of piperidine rings is 1. The topological polar surface area (TPSA) is 36.4 Å². The molecule has 2 aromatic rings. The molecule has 0 bridgehead atoms. The van der Waals surface area contributed by atoms with Crippen LogP contribution in [0.25, 0.3) is 0 Å². The number of nitrogens with zero attached hydrogens (tertiary/aromatic N) is 3. The monoisotopic (exact) mass is 335 g/mol. The van der Waals surface area contributed by atoms with Gasteiger partial charge in [-0.1, -0.05) is 29.3 Å². The van der Waals surface area contributed by atoms with Crippen molar-refractivity contribution in [3.05, 3.63) is 59.4 Å². The fraction of sp³-hybridized carbons (Fsp3) is 0.429. The molecule has 1 aromatic heterocycles. The number of β-lactam (4-membered cyclic amide) rings is 1. The van der Waals surface area contributed by atoms with Crippen molar-refractivity contribution < 1.29 is 4.79 Å². The number of benzene rings is 1. The average Bonchev–Trinajstić information content (AvgIpc) is 2.60. The van der Waals surface area contributed by atoms with Crippen molar-refractivity contribution in [3.63, 3.8) is 0 Å². The zero-order chi connectivity index (χ0) is 17.4. The highest BCUT2D eigenvalue weighted by atomic mass is 16.2. The minimum atomic E-state index is -0.130. The second-order valence-corrected chi connectivity index (χ2v) is 7.65. The van der Waals surface area contributed by atoms with Crippen LogP contribution in [0.4, 0.5) is 5.69 Å². The van der Waals surface area contributed by atoms with Crippen LogP contribution in [0.3, 0.4) is 0 Å². The standard InChI is InChI=1S/C21H25N3O/c1-16-10-17(2)12-18(11-16)14-23-8-5-21(6-9-23)15-24(20(21)25)19-4-3-7-22-13-19/h3-4,7,10-13H,5-6,8-9,14-15H2,1-2H3. The van der Waals surface area contributed by atoms with Crippen molar-refractivity contribution in [2.45, 2.75) is 33.2 Å². The third kappa shape index (κ3) is 3.07. The number of pyridine rings is 1. The van der Waals surface area contributed by atoms with Crippen LogP contribution < -0.4 is 4.90 Å². The number of amides is 1. The van der Waals surface area contributed by atoms with Crippen molar-refractivity contribution in [1.82, 2.24) is 9.88 Å². The Morgan fingerprint density at radius 3 is 2.44 bits per heavy atom. The molecule has 4 heteroatoms. The van der Waals surface area contributed by atoms with E-state index in [0.29, 0.717) is 0 Å². The largest absolute Gasteiger partial charge is 0.309 e. The van der Waals surface area contributed by atoms with Gasteiger partial charge in [-0.25, -0.2) is 0 Å². The summed E-state index contributed by atoms with van der Waals surface area (Å²) in [6, 6.07) is 10.6. The number of hydrogen-bond donors (Lipinski definition) is 0. The highest BCUT2D eigenvalue weighted by molar-refractivity contribution is 6.04. The summed E-state index contributed by atoms with van der Waals surface area (Å²) in [5.41, 5.74) is 4.82. The summed E-state index contributed by atoms with van der Waals surface area (Å²) in [5.74, 6) is 0.284. The lowest BCUT2D eigenvalue weighted by Gasteiger charge is -2.52. The van der Waals surface area contributed by atoms with E-state index in [1.54, 1.807) is 12.4 Å². The first-order valence-corrected chi connectivity index (χ1v) is 9.07. The minimum Gasteiger partial charge on any atom is -0.309 e. The molecule has 25 heavy (non-hydrogen) atoms. The lowest BCUT2D eigenvalue weighted by Crippen LogP contribution is -2.65. The molecule has 2 aliphatic heterocycles. The van der Waals surface area contributed by atoms with Crippen molar-refractivity contribution >= 4 is 11.6 Å². The number of aryl methyl sites for hydroxylation is 2. The van der Waals surface area contributed by atoms with E-state index in [1.165, 1.54) is 16.7 Å². The van der Waals surface area contributed by atoms with E-state index in [0.717, 1.165) is 44.7 Å². The molecule has 130 valence electrons. The highest BCUT2D eigenvalue weighted by Crippen LogP contribution is 2.43. The quantitative estimate of drug-likeness (QED) is 0.807. The van der Waals surface area contributed by atoms with Gasteiger partial charge in [0.2, 0.25) is 5.91 Å². The van der Waals surface area contributed by atoms with Crippen LogP contribution in [0.2, 0.25) is 0 Å². The number of carbonyl (C=O) groups is 1. The zero-order valence-electron chi connectivity index (χ0n) is 15.0. The van der Waals surface area contributed by atoms with Gasteiger partial charge in [-0.3, -0.25) is 14.7 Å². The molecule has 1 aromatic carbocycles. The minimum absolute atomic E-state index is 0.130. The molecule has 0 saturated carbocycles. The van der Waals surface area contributed by atoms with Gasteiger partial charge in [-0.05, 0) is 57.5 Å². The normalized spacial score (nSPS) is 19.9. The fourth-order valence-electron chi connectivity index (χ4n) is 4.29. The zero-order valence-corrected chi connectivity index (χ0v) is 15.0. The fourth-order valence-corrected chi connectivity index (χ4v) is 4.29. The molecule has 3 heterocycles. The first kappa shape index (κ1) is 16.3. The number of anilines is 1. The van der Waals surface area contributed by atoms with Crippen LogP contribution in [0, 0.1) is 19.3 Å². The Hall–Kier alpha value is -2.20. The number of hydrogen-bond acceptors (Lipinski definition) is 3. The second kappa shape index (κ2) is 6.26. The predicted molar refractivity (Wildman–Crippen MR) is 99.5 cm³/mol. The maximum Gasteiger partial charge on any atom is 0.235 e. The van der Waals surface area contributed by atoms with Crippen molar-refractivity contribution in [3.8, 4) is 0 Å². The van der Waals surface area contributed by atoms with Gasteiger partial charge in [0, 0.05) is 19.3 Å².